The van der Waals surface area contributed by atoms with E-state index >= 15 is 0 Å². The Kier molecular flexibility index (Phi) is 15.4. The minimum absolute atomic E-state index is 0.124. The zero-order chi connectivity index (χ0) is 30.0. The number of benzene rings is 1. The van der Waals surface area contributed by atoms with Crippen molar-refractivity contribution >= 4 is 23.3 Å². The van der Waals surface area contributed by atoms with Crippen LogP contribution in [0.5, 0.6) is 11.6 Å². The number of aromatic nitrogens is 2. The van der Waals surface area contributed by atoms with E-state index in [2.05, 4.69) is 35.7 Å². The van der Waals surface area contributed by atoms with Gasteiger partial charge in [0.1, 0.15) is 18.0 Å². The Morgan fingerprint density at radius 1 is 0.905 bits per heavy atom. The molecule has 2 aromatic rings. The monoisotopic (exact) mass is 600 g/mol. The number of esters is 1. The number of carbonyl (C=O) groups is 1. The van der Waals surface area contributed by atoms with Gasteiger partial charge in [0.05, 0.1) is 44.6 Å². The van der Waals surface area contributed by atoms with Crippen LogP contribution in [0.2, 0.25) is 0 Å². The zero-order valence-corrected chi connectivity index (χ0v) is 27.4. The fourth-order valence-electron chi connectivity index (χ4n) is 5.69. The number of unbranched alkanes of at least 4 members (excludes halogenated alkanes) is 11. The van der Waals surface area contributed by atoms with Gasteiger partial charge in [0.15, 0.2) is 0 Å². The van der Waals surface area contributed by atoms with E-state index in [-0.39, 0.29) is 5.97 Å². The van der Waals surface area contributed by atoms with Crippen LogP contribution in [0.1, 0.15) is 128 Å². The van der Waals surface area contributed by atoms with E-state index in [9.17, 15) is 4.79 Å². The number of ether oxygens (including phenoxy) is 3. The van der Waals surface area contributed by atoms with E-state index in [4.69, 9.17) is 14.2 Å². The first-order valence-electron chi connectivity index (χ1n) is 16.3. The highest BCUT2D eigenvalue weighted by atomic mass is 32.1. The summed E-state index contributed by atoms with van der Waals surface area (Å²) < 4.78 is 27.4. The normalized spacial score (nSPS) is 17.5. The van der Waals surface area contributed by atoms with Crippen molar-refractivity contribution in [3.8, 4) is 11.6 Å². The first kappa shape index (κ1) is 34.0. The van der Waals surface area contributed by atoms with Gasteiger partial charge in [0, 0.05) is 18.4 Å². The van der Waals surface area contributed by atoms with Gasteiger partial charge in [0.2, 0.25) is 0 Å². The van der Waals surface area contributed by atoms with Crippen molar-refractivity contribution < 1.29 is 23.5 Å². The Hall–Kier alpha value is -2.45. The molecule has 0 saturated heterocycles. The van der Waals surface area contributed by atoms with Crippen molar-refractivity contribution in [2.24, 2.45) is 0 Å². The van der Waals surface area contributed by atoms with Crippen LogP contribution < -0.4 is 9.47 Å². The van der Waals surface area contributed by atoms with E-state index in [1.165, 1.54) is 69.5 Å². The first-order valence-corrected chi connectivity index (χ1v) is 17.1. The van der Waals surface area contributed by atoms with Crippen molar-refractivity contribution in [3.05, 3.63) is 41.6 Å². The molecule has 0 saturated carbocycles. The van der Waals surface area contributed by atoms with Gasteiger partial charge in [-0.2, -0.15) is 4.37 Å². The van der Waals surface area contributed by atoms with Gasteiger partial charge in [-0.25, -0.2) is 0 Å². The highest BCUT2D eigenvalue weighted by Gasteiger charge is 2.40. The molecular formula is C34H54N3O4S+. The molecule has 1 aliphatic heterocycles. The van der Waals surface area contributed by atoms with Crippen molar-refractivity contribution in [1.29, 1.82) is 0 Å². The number of rotatable bonds is 21. The van der Waals surface area contributed by atoms with Gasteiger partial charge in [-0.05, 0) is 37.1 Å². The molecule has 0 amide bonds. The molecule has 0 fully saturated rings. The predicted octanol–water partition coefficient (Wildman–Crippen LogP) is 8.90. The molecule has 0 radical (unpaired) electrons. The summed E-state index contributed by atoms with van der Waals surface area (Å²) in [7, 11) is 3.84. The number of hydrogen-bond donors (Lipinski definition) is 0. The van der Waals surface area contributed by atoms with E-state index in [1.807, 2.05) is 24.3 Å². The smallest absolute Gasteiger partial charge is 0.310 e. The third-order valence-corrected chi connectivity index (χ3v) is 8.77. The Morgan fingerprint density at radius 3 is 2.21 bits per heavy atom. The van der Waals surface area contributed by atoms with Crippen LogP contribution in [-0.4, -0.2) is 53.1 Å². The average molecular weight is 601 g/mol. The molecular weight excluding hydrogens is 546 g/mol. The Balaban J connectivity index is 1.63. The fourth-order valence-corrected chi connectivity index (χ4v) is 6.23. The van der Waals surface area contributed by atoms with Crippen LogP contribution >= 0.6 is 11.7 Å². The molecule has 8 heteroatoms. The Morgan fingerprint density at radius 2 is 1.55 bits per heavy atom. The predicted molar refractivity (Wildman–Crippen MR) is 172 cm³/mol. The van der Waals surface area contributed by atoms with Gasteiger partial charge in [-0.15, -0.1) is 4.37 Å². The number of carbonyl (C=O) groups excluding carboxylic acids is 1. The number of nitrogens with zero attached hydrogens (tertiary/aromatic N) is 3. The second-order valence-electron chi connectivity index (χ2n) is 11.9. The molecule has 0 bridgehead atoms. The molecule has 234 valence electrons. The highest BCUT2D eigenvalue weighted by molar-refractivity contribution is 6.99. The van der Waals surface area contributed by atoms with Crippen LogP contribution in [-0.2, 0) is 9.53 Å². The minimum atomic E-state index is -0.421. The quantitative estimate of drug-likeness (QED) is 0.0809. The summed E-state index contributed by atoms with van der Waals surface area (Å²) in [5.41, 5.74) is 2.91. The molecule has 0 aliphatic carbocycles. The summed E-state index contributed by atoms with van der Waals surface area (Å²) in [6.07, 6.45) is 18.7. The van der Waals surface area contributed by atoms with Gasteiger partial charge in [-0.1, -0.05) is 90.6 Å². The largest absolute Gasteiger partial charge is 0.497 e. The van der Waals surface area contributed by atoms with Crippen LogP contribution in [0.3, 0.4) is 0 Å². The number of hydrogen-bond acceptors (Lipinski definition) is 7. The minimum Gasteiger partial charge on any atom is -0.497 e. The third-order valence-electron chi connectivity index (χ3n) is 8.26. The summed E-state index contributed by atoms with van der Waals surface area (Å²) in [5.74, 6) is 1.29. The summed E-state index contributed by atoms with van der Waals surface area (Å²) >= 11 is 1.20. The standard InChI is InChI=1S/C34H54N3O4S/c1-5-7-9-11-12-13-14-15-16-20-31(38)41-34(28-21-23-30(39-4)24-22-28)37(3)25-18-19-29(27-37)32-33(36-42-35-32)40-26-17-10-8-6-2/h19,21-24,34H,5-18,20,25-27H2,1-4H3/q+1. The van der Waals surface area contributed by atoms with Gasteiger partial charge in [0.25, 0.3) is 12.1 Å². The summed E-state index contributed by atoms with van der Waals surface area (Å²) in [6, 6.07) is 7.93. The second kappa shape index (κ2) is 19.0. The molecule has 1 aliphatic rings. The van der Waals surface area contributed by atoms with Crippen molar-refractivity contribution in [2.45, 2.75) is 116 Å². The SMILES string of the molecule is CCCCCCCCCCCC(=O)OC(c1ccc(OC)cc1)[N+]1(C)CCC=C(c2nsnc2OCCCCCC)C1. The Labute approximate surface area is 258 Å². The average Bonchev–Trinajstić information content (AvgIpc) is 3.48. The zero-order valence-electron chi connectivity index (χ0n) is 26.6. The lowest BCUT2D eigenvalue weighted by Gasteiger charge is -2.42. The topological polar surface area (TPSA) is 70.5 Å². The summed E-state index contributed by atoms with van der Waals surface area (Å²) in [6.45, 7) is 6.66. The maximum atomic E-state index is 13.2. The van der Waals surface area contributed by atoms with Crippen molar-refractivity contribution in [1.82, 2.24) is 8.75 Å². The maximum Gasteiger partial charge on any atom is 0.310 e. The van der Waals surface area contributed by atoms with Gasteiger partial charge >= 0.3 is 5.97 Å². The summed E-state index contributed by atoms with van der Waals surface area (Å²) in [5, 5.41) is 0. The molecule has 1 aromatic heterocycles. The fraction of sp³-hybridized carbons (Fsp3) is 0.676. The molecule has 0 spiro atoms. The number of quaternary nitrogens is 1. The molecule has 2 unspecified atom stereocenters. The van der Waals surface area contributed by atoms with E-state index in [0.717, 1.165) is 61.2 Å². The van der Waals surface area contributed by atoms with E-state index in [1.54, 1.807) is 7.11 Å². The summed E-state index contributed by atoms with van der Waals surface area (Å²) in [4.78, 5) is 13.2. The molecule has 42 heavy (non-hydrogen) atoms. The van der Waals surface area contributed by atoms with E-state index < -0.39 is 6.23 Å². The molecule has 1 aromatic carbocycles. The van der Waals surface area contributed by atoms with Crippen LogP contribution in [0.25, 0.3) is 5.57 Å². The van der Waals surface area contributed by atoms with E-state index in [0.29, 0.717) is 29.9 Å². The van der Waals surface area contributed by atoms with Gasteiger partial charge in [-0.3, -0.25) is 9.28 Å². The number of likely N-dealkylation sites (N-methyl/N-ethyl adjacent to an activating group) is 1. The lowest BCUT2D eigenvalue weighted by Crippen LogP contribution is -2.51. The third kappa shape index (κ3) is 11.0. The van der Waals surface area contributed by atoms with Crippen LogP contribution in [0.15, 0.2) is 30.3 Å². The lowest BCUT2D eigenvalue weighted by atomic mass is 10.0. The maximum absolute atomic E-state index is 13.2. The highest BCUT2D eigenvalue weighted by Crippen LogP contribution is 2.37. The van der Waals surface area contributed by atoms with Crippen molar-refractivity contribution in [2.75, 3.05) is 33.9 Å². The molecule has 3 rings (SSSR count). The van der Waals surface area contributed by atoms with Gasteiger partial charge < -0.3 is 14.2 Å². The molecule has 2 atom stereocenters. The second-order valence-corrected chi connectivity index (χ2v) is 12.4. The number of methoxy groups -OCH3 is 1. The molecule has 2 heterocycles. The van der Waals surface area contributed by atoms with Crippen LogP contribution in [0, 0.1) is 0 Å². The lowest BCUT2D eigenvalue weighted by molar-refractivity contribution is -0.953. The van der Waals surface area contributed by atoms with Crippen LogP contribution in [0.4, 0.5) is 0 Å². The molecule has 0 N–H and O–H groups in total. The molecule has 7 nitrogen and oxygen atoms in total. The first-order chi connectivity index (χ1) is 20.5. The Bertz CT molecular complexity index is 1070. The van der Waals surface area contributed by atoms with Crippen molar-refractivity contribution in [3.63, 3.8) is 0 Å².